The van der Waals surface area contributed by atoms with Crippen LogP contribution < -0.4 is 5.32 Å². The molecular weight excluding hydrogens is 270 g/mol. The van der Waals surface area contributed by atoms with Crippen LogP contribution in [0.4, 0.5) is 0 Å². The molecule has 2 heteroatoms. The number of hydrogen-bond donors (Lipinski definition) is 1. The van der Waals surface area contributed by atoms with Gasteiger partial charge in [0.05, 0.1) is 6.42 Å². The average Bonchev–Trinajstić information content (AvgIpc) is 2.56. The first-order valence-electron chi connectivity index (χ1n) is 7.60. The molecule has 1 N–H and O–H groups in total. The monoisotopic (exact) mass is 289 g/mol. The van der Waals surface area contributed by atoms with Crippen molar-refractivity contribution in [2.75, 3.05) is 6.54 Å². The van der Waals surface area contributed by atoms with Gasteiger partial charge in [0, 0.05) is 6.54 Å². The van der Waals surface area contributed by atoms with Crippen LogP contribution in [0.1, 0.15) is 11.1 Å². The molecule has 0 bridgehead atoms. The summed E-state index contributed by atoms with van der Waals surface area (Å²) in [5.41, 5.74) is 2.32. The molecule has 0 saturated heterocycles. The number of nitrogens with one attached hydrogen (secondary N) is 1. The fourth-order valence-corrected chi connectivity index (χ4v) is 2.69. The first-order valence-corrected chi connectivity index (χ1v) is 7.60. The zero-order chi connectivity index (χ0) is 15.2. The van der Waals surface area contributed by atoms with Crippen molar-refractivity contribution in [3.8, 4) is 0 Å². The molecule has 110 valence electrons. The van der Waals surface area contributed by atoms with Crippen molar-refractivity contribution in [3.05, 3.63) is 83.9 Å². The number of carbonyl (C=O) groups excluding carboxylic acids is 1. The van der Waals surface area contributed by atoms with Gasteiger partial charge in [0.1, 0.15) is 0 Å². The van der Waals surface area contributed by atoms with Gasteiger partial charge in [-0.15, -0.1) is 0 Å². The Labute approximate surface area is 130 Å². The van der Waals surface area contributed by atoms with Gasteiger partial charge < -0.3 is 5.32 Å². The molecule has 3 rings (SSSR count). The van der Waals surface area contributed by atoms with E-state index in [4.69, 9.17) is 0 Å². The minimum absolute atomic E-state index is 0.0754. The molecule has 0 spiro atoms. The number of amides is 1. The highest BCUT2D eigenvalue weighted by Gasteiger charge is 2.04. The molecule has 0 fully saturated rings. The minimum Gasteiger partial charge on any atom is -0.355 e. The molecule has 3 aromatic rings. The van der Waals surface area contributed by atoms with Gasteiger partial charge in [-0.2, -0.15) is 0 Å². The summed E-state index contributed by atoms with van der Waals surface area (Å²) in [6.07, 6.45) is 1.29. The van der Waals surface area contributed by atoms with E-state index >= 15 is 0 Å². The second kappa shape index (κ2) is 6.90. The van der Waals surface area contributed by atoms with Crippen LogP contribution in [0.15, 0.2) is 72.8 Å². The molecular formula is C20H19NO. The van der Waals surface area contributed by atoms with Gasteiger partial charge in [-0.25, -0.2) is 0 Å². The van der Waals surface area contributed by atoms with Crippen molar-refractivity contribution < 1.29 is 4.79 Å². The molecule has 0 aromatic heterocycles. The summed E-state index contributed by atoms with van der Waals surface area (Å²) in [6.45, 7) is 0.666. The lowest BCUT2D eigenvalue weighted by atomic mass is 10.0. The lowest BCUT2D eigenvalue weighted by Crippen LogP contribution is -2.27. The molecule has 0 saturated carbocycles. The third-order valence-electron chi connectivity index (χ3n) is 3.80. The van der Waals surface area contributed by atoms with Crippen molar-refractivity contribution in [2.45, 2.75) is 12.8 Å². The van der Waals surface area contributed by atoms with Crippen molar-refractivity contribution in [1.82, 2.24) is 5.32 Å². The average molecular weight is 289 g/mol. The predicted octanol–water partition coefficient (Wildman–Crippen LogP) is 3.74. The quantitative estimate of drug-likeness (QED) is 0.761. The minimum atomic E-state index is 0.0754. The Bertz CT molecular complexity index is 760. The van der Waals surface area contributed by atoms with Crippen LogP contribution in [0.25, 0.3) is 10.8 Å². The first-order chi connectivity index (χ1) is 10.8. The van der Waals surface area contributed by atoms with Crippen LogP contribution in [-0.4, -0.2) is 12.5 Å². The van der Waals surface area contributed by atoms with Crippen LogP contribution in [-0.2, 0) is 17.6 Å². The zero-order valence-electron chi connectivity index (χ0n) is 12.5. The number of fused-ring (bicyclic) bond motifs is 1. The maximum atomic E-state index is 12.0. The Morgan fingerprint density at radius 1 is 0.818 bits per heavy atom. The van der Waals surface area contributed by atoms with E-state index in [1.165, 1.54) is 16.3 Å². The van der Waals surface area contributed by atoms with E-state index < -0.39 is 0 Å². The number of hydrogen-bond acceptors (Lipinski definition) is 1. The zero-order valence-corrected chi connectivity index (χ0v) is 12.5. The van der Waals surface area contributed by atoms with Gasteiger partial charge in [-0.3, -0.25) is 4.79 Å². The van der Waals surface area contributed by atoms with Crippen molar-refractivity contribution in [3.63, 3.8) is 0 Å². The van der Waals surface area contributed by atoms with Crippen molar-refractivity contribution >= 4 is 16.7 Å². The fraction of sp³-hybridized carbons (Fsp3) is 0.150. The largest absolute Gasteiger partial charge is 0.355 e. The highest BCUT2D eigenvalue weighted by Crippen LogP contribution is 2.18. The summed E-state index contributed by atoms with van der Waals surface area (Å²) in [7, 11) is 0. The Balaban J connectivity index is 1.57. The first kappa shape index (κ1) is 14.3. The SMILES string of the molecule is O=C(Cc1ccccc1)NCCc1cccc2ccccc12. The highest BCUT2D eigenvalue weighted by atomic mass is 16.1. The Hall–Kier alpha value is -2.61. The lowest BCUT2D eigenvalue weighted by molar-refractivity contribution is -0.120. The van der Waals surface area contributed by atoms with Crippen LogP contribution >= 0.6 is 0 Å². The Kier molecular flexibility index (Phi) is 4.50. The molecule has 0 aliphatic rings. The van der Waals surface area contributed by atoms with Crippen LogP contribution in [0, 0.1) is 0 Å². The standard InChI is InChI=1S/C20H19NO/c22-20(15-16-7-2-1-3-8-16)21-14-13-18-11-6-10-17-9-4-5-12-19(17)18/h1-12H,13-15H2,(H,21,22). The summed E-state index contributed by atoms with van der Waals surface area (Å²) in [5, 5.41) is 5.52. The van der Waals surface area contributed by atoms with E-state index in [9.17, 15) is 4.79 Å². The topological polar surface area (TPSA) is 29.1 Å². The van der Waals surface area contributed by atoms with Gasteiger partial charge in [-0.05, 0) is 28.3 Å². The summed E-state index contributed by atoms with van der Waals surface area (Å²) >= 11 is 0. The predicted molar refractivity (Wildman–Crippen MR) is 90.8 cm³/mol. The molecule has 22 heavy (non-hydrogen) atoms. The Morgan fingerprint density at radius 3 is 2.41 bits per heavy atom. The molecule has 0 radical (unpaired) electrons. The van der Waals surface area contributed by atoms with Crippen LogP contribution in [0.5, 0.6) is 0 Å². The number of benzene rings is 3. The van der Waals surface area contributed by atoms with Gasteiger partial charge >= 0.3 is 0 Å². The van der Waals surface area contributed by atoms with E-state index in [1.807, 2.05) is 36.4 Å². The number of rotatable bonds is 5. The van der Waals surface area contributed by atoms with Crippen molar-refractivity contribution in [1.29, 1.82) is 0 Å². The highest BCUT2D eigenvalue weighted by molar-refractivity contribution is 5.85. The van der Waals surface area contributed by atoms with E-state index in [0.29, 0.717) is 13.0 Å². The van der Waals surface area contributed by atoms with E-state index in [1.54, 1.807) is 0 Å². The second-order valence-electron chi connectivity index (χ2n) is 5.40. The Morgan fingerprint density at radius 2 is 1.55 bits per heavy atom. The summed E-state index contributed by atoms with van der Waals surface area (Å²) in [5.74, 6) is 0.0754. The van der Waals surface area contributed by atoms with Crippen LogP contribution in [0.2, 0.25) is 0 Å². The van der Waals surface area contributed by atoms with E-state index in [2.05, 4.69) is 41.7 Å². The molecule has 0 atom stereocenters. The van der Waals surface area contributed by atoms with E-state index in [0.717, 1.165) is 12.0 Å². The van der Waals surface area contributed by atoms with E-state index in [-0.39, 0.29) is 5.91 Å². The summed E-state index contributed by atoms with van der Waals surface area (Å²) in [4.78, 5) is 12.0. The molecule has 0 unspecified atom stereocenters. The van der Waals surface area contributed by atoms with Gasteiger partial charge in [0.25, 0.3) is 0 Å². The smallest absolute Gasteiger partial charge is 0.224 e. The third kappa shape index (κ3) is 3.53. The maximum Gasteiger partial charge on any atom is 0.224 e. The summed E-state index contributed by atoms with van der Waals surface area (Å²) in [6, 6.07) is 24.5. The molecule has 0 aliphatic heterocycles. The molecule has 1 amide bonds. The molecule has 2 nitrogen and oxygen atoms in total. The van der Waals surface area contributed by atoms with Gasteiger partial charge in [0.15, 0.2) is 0 Å². The maximum absolute atomic E-state index is 12.0. The molecule has 3 aromatic carbocycles. The van der Waals surface area contributed by atoms with Gasteiger partial charge in [-0.1, -0.05) is 72.8 Å². The summed E-state index contributed by atoms with van der Waals surface area (Å²) < 4.78 is 0. The second-order valence-corrected chi connectivity index (χ2v) is 5.40. The number of carbonyl (C=O) groups is 1. The lowest BCUT2D eigenvalue weighted by Gasteiger charge is -2.08. The normalized spacial score (nSPS) is 10.5. The van der Waals surface area contributed by atoms with Crippen LogP contribution in [0.3, 0.4) is 0 Å². The fourth-order valence-electron chi connectivity index (χ4n) is 2.69. The van der Waals surface area contributed by atoms with Gasteiger partial charge in [0.2, 0.25) is 5.91 Å². The third-order valence-corrected chi connectivity index (χ3v) is 3.80. The van der Waals surface area contributed by atoms with Crippen molar-refractivity contribution in [2.24, 2.45) is 0 Å². The molecule has 0 aliphatic carbocycles. The molecule has 0 heterocycles.